The molecule has 2 heterocycles. The fourth-order valence-electron chi connectivity index (χ4n) is 3.73. The molecule has 1 saturated heterocycles. The number of carbonyl (C=O) groups excluding carboxylic acids is 2. The summed E-state index contributed by atoms with van der Waals surface area (Å²) in [5, 5.41) is 0. The molecule has 3 rings (SSSR count). The van der Waals surface area contributed by atoms with E-state index in [-0.39, 0.29) is 24.5 Å². The summed E-state index contributed by atoms with van der Waals surface area (Å²) in [5.74, 6) is 0.529. The predicted octanol–water partition coefficient (Wildman–Crippen LogP) is 3.90. The number of benzene rings is 1. The monoisotopic (exact) mass is 412 g/mol. The number of furan rings is 1. The van der Waals surface area contributed by atoms with Crippen LogP contribution in [0.2, 0.25) is 0 Å². The quantitative estimate of drug-likeness (QED) is 0.594. The van der Waals surface area contributed by atoms with Gasteiger partial charge in [-0.2, -0.15) is 0 Å². The predicted molar refractivity (Wildman–Crippen MR) is 115 cm³/mol. The van der Waals surface area contributed by atoms with Crippen molar-refractivity contribution in [2.45, 2.75) is 52.2 Å². The minimum Gasteiger partial charge on any atom is -0.467 e. The summed E-state index contributed by atoms with van der Waals surface area (Å²) >= 11 is 0. The van der Waals surface area contributed by atoms with Gasteiger partial charge in [0.1, 0.15) is 12.3 Å². The molecular formula is C24H32N2O4. The summed E-state index contributed by atoms with van der Waals surface area (Å²) in [6, 6.07) is 11.3. The van der Waals surface area contributed by atoms with Crippen molar-refractivity contribution in [1.82, 2.24) is 9.80 Å². The number of hydrogen-bond acceptors (Lipinski definition) is 4. The molecule has 1 aliphatic heterocycles. The molecule has 2 aromatic rings. The van der Waals surface area contributed by atoms with Gasteiger partial charge in [-0.25, -0.2) is 0 Å². The molecule has 1 aliphatic rings. The first-order valence-corrected chi connectivity index (χ1v) is 10.9. The van der Waals surface area contributed by atoms with Crippen LogP contribution in [0, 0.1) is 0 Å². The van der Waals surface area contributed by atoms with Crippen molar-refractivity contribution in [3.8, 4) is 0 Å². The Bertz CT molecular complexity index is 795. The Balaban J connectivity index is 1.71. The third kappa shape index (κ3) is 5.95. The third-order valence-electron chi connectivity index (χ3n) is 5.44. The molecular weight excluding hydrogens is 380 g/mol. The second-order valence-electron chi connectivity index (χ2n) is 7.77. The molecule has 0 aliphatic carbocycles. The Morgan fingerprint density at radius 1 is 1.10 bits per heavy atom. The fraction of sp³-hybridized carbons (Fsp3) is 0.500. The first-order valence-electron chi connectivity index (χ1n) is 10.9. The van der Waals surface area contributed by atoms with Gasteiger partial charge in [-0.3, -0.25) is 9.59 Å². The van der Waals surface area contributed by atoms with Crippen LogP contribution in [0.3, 0.4) is 0 Å². The first-order chi connectivity index (χ1) is 14.6. The van der Waals surface area contributed by atoms with Gasteiger partial charge in [-0.05, 0) is 55.5 Å². The molecule has 0 N–H and O–H groups in total. The molecule has 30 heavy (non-hydrogen) atoms. The number of nitrogens with zero attached hydrogens (tertiary/aromatic N) is 2. The van der Waals surface area contributed by atoms with Gasteiger partial charge in [0.25, 0.3) is 5.91 Å². The van der Waals surface area contributed by atoms with Crippen LogP contribution in [0.4, 0.5) is 0 Å². The summed E-state index contributed by atoms with van der Waals surface area (Å²) in [4.78, 5) is 29.7. The van der Waals surface area contributed by atoms with Gasteiger partial charge < -0.3 is 19.0 Å². The Hall–Kier alpha value is -2.60. The lowest BCUT2D eigenvalue weighted by Crippen LogP contribution is -2.45. The highest BCUT2D eigenvalue weighted by molar-refractivity contribution is 5.96. The normalized spacial score (nSPS) is 15.9. The zero-order chi connectivity index (χ0) is 21.3. The molecule has 0 saturated carbocycles. The molecule has 6 heteroatoms. The maximum atomic E-state index is 13.2. The van der Waals surface area contributed by atoms with Gasteiger partial charge >= 0.3 is 0 Å². The van der Waals surface area contributed by atoms with E-state index in [9.17, 15) is 9.59 Å². The van der Waals surface area contributed by atoms with E-state index in [2.05, 4.69) is 6.92 Å². The molecule has 1 aromatic carbocycles. The van der Waals surface area contributed by atoms with Crippen molar-refractivity contribution in [2.24, 2.45) is 0 Å². The van der Waals surface area contributed by atoms with E-state index in [1.165, 1.54) is 5.56 Å². The lowest BCUT2D eigenvalue weighted by atomic mass is 10.1. The number of amides is 2. The van der Waals surface area contributed by atoms with Crippen LogP contribution in [0.5, 0.6) is 0 Å². The minimum atomic E-state index is -0.108. The first kappa shape index (κ1) is 22.1. The van der Waals surface area contributed by atoms with Gasteiger partial charge in [0.15, 0.2) is 0 Å². The van der Waals surface area contributed by atoms with E-state index in [0.717, 1.165) is 38.1 Å². The molecule has 0 radical (unpaired) electrons. The maximum absolute atomic E-state index is 13.2. The maximum Gasteiger partial charge on any atom is 0.254 e. The topological polar surface area (TPSA) is 63.0 Å². The zero-order valence-electron chi connectivity index (χ0n) is 18.0. The van der Waals surface area contributed by atoms with E-state index < -0.39 is 0 Å². The van der Waals surface area contributed by atoms with Crippen LogP contribution >= 0.6 is 0 Å². The van der Waals surface area contributed by atoms with Gasteiger partial charge in [0.2, 0.25) is 5.91 Å². The van der Waals surface area contributed by atoms with Crippen molar-refractivity contribution in [1.29, 1.82) is 0 Å². The fourth-order valence-corrected chi connectivity index (χ4v) is 3.73. The zero-order valence-corrected chi connectivity index (χ0v) is 18.0. The van der Waals surface area contributed by atoms with Crippen LogP contribution in [-0.2, 0) is 22.5 Å². The third-order valence-corrected chi connectivity index (χ3v) is 5.44. The summed E-state index contributed by atoms with van der Waals surface area (Å²) < 4.78 is 11.2. The lowest BCUT2D eigenvalue weighted by Gasteiger charge is -2.28. The summed E-state index contributed by atoms with van der Waals surface area (Å²) in [6.07, 6.45) is 5.33. The molecule has 2 amide bonds. The summed E-state index contributed by atoms with van der Waals surface area (Å²) in [7, 11) is 0. The summed E-state index contributed by atoms with van der Waals surface area (Å²) in [5.41, 5.74) is 1.80. The molecule has 0 unspecified atom stereocenters. The van der Waals surface area contributed by atoms with Crippen molar-refractivity contribution >= 4 is 11.8 Å². The number of aryl methyl sites for hydroxylation is 1. The Labute approximate surface area is 178 Å². The molecule has 0 spiro atoms. The van der Waals surface area contributed by atoms with Gasteiger partial charge in [0.05, 0.1) is 18.9 Å². The van der Waals surface area contributed by atoms with E-state index in [4.69, 9.17) is 9.15 Å². The second-order valence-corrected chi connectivity index (χ2v) is 7.77. The number of rotatable bonds is 10. The molecule has 162 valence electrons. The van der Waals surface area contributed by atoms with Gasteiger partial charge in [0, 0.05) is 25.3 Å². The standard InChI is InChI=1S/C24H32N2O4/c1-3-13-25(24(28)20-11-9-19(4-2)10-12-20)18-23(27)26(16-21-7-5-14-29-21)17-22-8-6-15-30-22/h5,7,9-12,14,22H,3-4,6,8,13,15-18H2,1-2H3/t22-/m0/s1. The number of hydrogen-bond donors (Lipinski definition) is 0. The molecule has 1 aromatic heterocycles. The van der Waals surface area contributed by atoms with E-state index in [1.807, 2.05) is 43.3 Å². The van der Waals surface area contributed by atoms with Crippen molar-refractivity contribution in [2.75, 3.05) is 26.2 Å². The smallest absolute Gasteiger partial charge is 0.254 e. The number of ether oxygens (including phenoxy) is 1. The summed E-state index contributed by atoms with van der Waals surface area (Å²) in [6.45, 7) is 6.31. The molecule has 0 bridgehead atoms. The van der Waals surface area contributed by atoms with Crippen molar-refractivity contribution in [3.63, 3.8) is 0 Å². The molecule has 1 fully saturated rings. The Kier molecular flexibility index (Phi) is 8.08. The average Bonchev–Trinajstić information content (AvgIpc) is 3.47. The Morgan fingerprint density at radius 2 is 1.90 bits per heavy atom. The van der Waals surface area contributed by atoms with Crippen LogP contribution < -0.4 is 0 Å². The van der Waals surface area contributed by atoms with Crippen LogP contribution in [0.1, 0.15) is 54.8 Å². The molecule has 6 nitrogen and oxygen atoms in total. The highest BCUT2D eigenvalue weighted by atomic mass is 16.5. The lowest BCUT2D eigenvalue weighted by molar-refractivity contribution is -0.134. The Morgan fingerprint density at radius 3 is 2.50 bits per heavy atom. The number of carbonyl (C=O) groups is 2. The van der Waals surface area contributed by atoms with E-state index in [1.54, 1.807) is 16.1 Å². The molecule has 1 atom stereocenters. The van der Waals surface area contributed by atoms with E-state index >= 15 is 0 Å². The second kappa shape index (κ2) is 11.0. The van der Waals surface area contributed by atoms with Crippen LogP contribution in [-0.4, -0.2) is 54.0 Å². The highest BCUT2D eigenvalue weighted by Crippen LogP contribution is 2.16. The van der Waals surface area contributed by atoms with Crippen molar-refractivity contribution in [3.05, 3.63) is 59.5 Å². The van der Waals surface area contributed by atoms with Gasteiger partial charge in [-0.15, -0.1) is 0 Å². The van der Waals surface area contributed by atoms with Crippen LogP contribution in [0.25, 0.3) is 0 Å². The SMILES string of the molecule is CCCN(CC(=O)N(Cc1ccco1)C[C@@H]1CCCO1)C(=O)c1ccc(CC)cc1. The van der Waals surface area contributed by atoms with Crippen LogP contribution in [0.15, 0.2) is 47.1 Å². The largest absolute Gasteiger partial charge is 0.467 e. The van der Waals surface area contributed by atoms with Gasteiger partial charge in [-0.1, -0.05) is 26.0 Å². The minimum absolute atomic E-state index is 0.0424. The van der Waals surface area contributed by atoms with Crippen molar-refractivity contribution < 1.29 is 18.7 Å². The average molecular weight is 413 g/mol. The van der Waals surface area contributed by atoms with E-state index in [0.29, 0.717) is 25.2 Å². The highest BCUT2D eigenvalue weighted by Gasteiger charge is 2.26.